The van der Waals surface area contributed by atoms with E-state index in [1.54, 1.807) is 12.4 Å². The molecule has 2 saturated heterocycles. The van der Waals surface area contributed by atoms with Crippen LogP contribution in [0.1, 0.15) is 46.0 Å². The lowest BCUT2D eigenvalue weighted by molar-refractivity contribution is -0.140. The summed E-state index contributed by atoms with van der Waals surface area (Å²) < 4.78 is 5.84. The van der Waals surface area contributed by atoms with Crippen molar-refractivity contribution in [2.45, 2.75) is 64.1 Å². The van der Waals surface area contributed by atoms with Gasteiger partial charge in [0.15, 0.2) is 5.82 Å². The van der Waals surface area contributed by atoms with E-state index in [9.17, 15) is 4.79 Å². The highest BCUT2D eigenvalue weighted by molar-refractivity contribution is 5.78. The third kappa shape index (κ3) is 2.94. The Morgan fingerprint density at radius 2 is 1.96 bits per heavy atom. The lowest BCUT2D eigenvalue weighted by atomic mass is 9.83. The standard InChI is InChI=1S/C18H26N4O2/c1-12(2)24-18-17(19-8-9-20-18)21-10-7-15-13(11-21)3-6-16(23)22(15)14-4-5-14/h8-9,12-15H,3-7,10-11H2,1-2H3/t13-,15+/m0/s1. The van der Waals surface area contributed by atoms with Gasteiger partial charge < -0.3 is 14.5 Å². The monoisotopic (exact) mass is 330 g/mol. The van der Waals surface area contributed by atoms with E-state index in [0.717, 1.165) is 31.7 Å². The predicted molar refractivity (Wildman–Crippen MR) is 91.0 cm³/mol. The number of carbonyl (C=O) groups excluding carboxylic acids is 1. The molecule has 0 bridgehead atoms. The summed E-state index contributed by atoms with van der Waals surface area (Å²) in [6.45, 7) is 5.86. The number of aromatic nitrogens is 2. The second-order valence-corrected chi connectivity index (χ2v) is 7.48. The number of fused-ring (bicyclic) bond motifs is 1. The predicted octanol–water partition coefficient (Wildman–Crippen LogP) is 2.24. The van der Waals surface area contributed by atoms with E-state index in [1.807, 2.05) is 13.8 Å². The summed E-state index contributed by atoms with van der Waals surface area (Å²) in [5.41, 5.74) is 0. The Morgan fingerprint density at radius 3 is 2.71 bits per heavy atom. The molecule has 3 aliphatic rings. The van der Waals surface area contributed by atoms with E-state index in [0.29, 0.717) is 36.2 Å². The molecule has 2 atom stereocenters. The van der Waals surface area contributed by atoms with Crippen molar-refractivity contribution in [3.63, 3.8) is 0 Å². The van der Waals surface area contributed by atoms with Crippen LogP contribution in [0.25, 0.3) is 0 Å². The first-order valence-electron chi connectivity index (χ1n) is 9.17. The highest BCUT2D eigenvalue weighted by Crippen LogP contribution is 2.40. The fourth-order valence-corrected chi connectivity index (χ4v) is 4.15. The van der Waals surface area contributed by atoms with Gasteiger partial charge in [0.1, 0.15) is 0 Å². The zero-order chi connectivity index (χ0) is 16.7. The van der Waals surface area contributed by atoms with Crippen LogP contribution in [0.2, 0.25) is 0 Å². The molecule has 6 nitrogen and oxygen atoms in total. The number of anilines is 1. The third-order valence-electron chi connectivity index (χ3n) is 5.30. The molecular weight excluding hydrogens is 304 g/mol. The molecule has 1 amide bonds. The molecule has 0 N–H and O–H groups in total. The number of carbonyl (C=O) groups is 1. The van der Waals surface area contributed by atoms with Crippen molar-refractivity contribution >= 4 is 11.7 Å². The van der Waals surface area contributed by atoms with Gasteiger partial charge in [-0.25, -0.2) is 9.97 Å². The molecular formula is C18H26N4O2. The van der Waals surface area contributed by atoms with Crippen molar-refractivity contribution in [2.75, 3.05) is 18.0 Å². The van der Waals surface area contributed by atoms with Crippen LogP contribution in [0.4, 0.5) is 5.82 Å². The van der Waals surface area contributed by atoms with E-state index < -0.39 is 0 Å². The Hall–Kier alpha value is -1.85. The normalized spacial score (nSPS) is 27.4. The Labute approximate surface area is 143 Å². The van der Waals surface area contributed by atoms with Gasteiger partial charge in [0, 0.05) is 44.0 Å². The van der Waals surface area contributed by atoms with Gasteiger partial charge in [-0.15, -0.1) is 0 Å². The number of piperidine rings is 2. The quantitative estimate of drug-likeness (QED) is 0.847. The molecule has 1 saturated carbocycles. The SMILES string of the molecule is CC(C)Oc1nccnc1N1CC[C@@H]2[C@@H](CCC(=O)N2C2CC2)C1. The van der Waals surface area contributed by atoms with Gasteiger partial charge in [-0.05, 0) is 45.4 Å². The van der Waals surface area contributed by atoms with Crippen LogP contribution in [-0.4, -0.2) is 52.1 Å². The largest absolute Gasteiger partial charge is 0.472 e. The fourth-order valence-electron chi connectivity index (χ4n) is 4.15. The molecule has 24 heavy (non-hydrogen) atoms. The van der Waals surface area contributed by atoms with Crippen LogP contribution < -0.4 is 9.64 Å². The maximum Gasteiger partial charge on any atom is 0.257 e. The zero-order valence-electron chi connectivity index (χ0n) is 14.5. The average Bonchev–Trinajstić information content (AvgIpc) is 3.39. The molecule has 2 aliphatic heterocycles. The summed E-state index contributed by atoms with van der Waals surface area (Å²) >= 11 is 0. The first-order chi connectivity index (χ1) is 11.6. The van der Waals surface area contributed by atoms with Crippen molar-refractivity contribution in [1.29, 1.82) is 0 Å². The summed E-state index contributed by atoms with van der Waals surface area (Å²) in [4.78, 5) is 25.7. The molecule has 6 heteroatoms. The summed E-state index contributed by atoms with van der Waals surface area (Å²) in [5, 5.41) is 0. The van der Waals surface area contributed by atoms with Gasteiger partial charge in [0.25, 0.3) is 5.88 Å². The van der Waals surface area contributed by atoms with Crippen LogP contribution in [0.3, 0.4) is 0 Å². The number of likely N-dealkylation sites (tertiary alicyclic amines) is 1. The maximum absolute atomic E-state index is 12.3. The number of amides is 1. The topological polar surface area (TPSA) is 58.6 Å². The fraction of sp³-hybridized carbons (Fsp3) is 0.722. The highest BCUT2D eigenvalue weighted by atomic mass is 16.5. The molecule has 1 aromatic rings. The number of nitrogens with zero attached hydrogens (tertiary/aromatic N) is 4. The Morgan fingerprint density at radius 1 is 1.17 bits per heavy atom. The Kier molecular flexibility index (Phi) is 4.06. The number of hydrogen-bond acceptors (Lipinski definition) is 5. The van der Waals surface area contributed by atoms with Crippen LogP contribution in [0.15, 0.2) is 12.4 Å². The number of rotatable bonds is 4. The summed E-state index contributed by atoms with van der Waals surface area (Å²) in [7, 11) is 0. The molecule has 3 fully saturated rings. The van der Waals surface area contributed by atoms with Gasteiger partial charge in [0.2, 0.25) is 5.91 Å². The first-order valence-corrected chi connectivity index (χ1v) is 9.17. The number of hydrogen-bond donors (Lipinski definition) is 0. The lowest BCUT2D eigenvalue weighted by Crippen LogP contribution is -2.57. The lowest BCUT2D eigenvalue weighted by Gasteiger charge is -2.47. The van der Waals surface area contributed by atoms with Crippen molar-refractivity contribution < 1.29 is 9.53 Å². The second-order valence-electron chi connectivity index (χ2n) is 7.48. The molecule has 130 valence electrons. The van der Waals surface area contributed by atoms with E-state index in [4.69, 9.17) is 4.74 Å². The van der Waals surface area contributed by atoms with E-state index >= 15 is 0 Å². The minimum Gasteiger partial charge on any atom is -0.472 e. The summed E-state index contributed by atoms with van der Waals surface area (Å²) in [6, 6.07) is 0.939. The molecule has 4 rings (SSSR count). The van der Waals surface area contributed by atoms with Gasteiger partial charge in [-0.2, -0.15) is 0 Å². The minimum atomic E-state index is 0.0793. The van der Waals surface area contributed by atoms with Gasteiger partial charge in [-0.1, -0.05) is 0 Å². The Bertz CT molecular complexity index is 617. The highest BCUT2D eigenvalue weighted by Gasteiger charge is 2.45. The summed E-state index contributed by atoms with van der Waals surface area (Å²) in [6.07, 6.45) is 8.58. The van der Waals surface area contributed by atoms with Gasteiger partial charge in [-0.3, -0.25) is 4.79 Å². The molecule has 0 spiro atoms. The molecule has 3 heterocycles. The van der Waals surface area contributed by atoms with Gasteiger partial charge >= 0.3 is 0 Å². The smallest absolute Gasteiger partial charge is 0.257 e. The van der Waals surface area contributed by atoms with Crippen LogP contribution in [0.5, 0.6) is 5.88 Å². The Balaban J connectivity index is 1.52. The van der Waals surface area contributed by atoms with E-state index in [2.05, 4.69) is 19.8 Å². The van der Waals surface area contributed by atoms with Crippen LogP contribution in [0, 0.1) is 5.92 Å². The molecule has 0 aromatic carbocycles. The van der Waals surface area contributed by atoms with E-state index in [1.165, 1.54) is 12.8 Å². The minimum absolute atomic E-state index is 0.0793. The third-order valence-corrected chi connectivity index (χ3v) is 5.30. The zero-order valence-corrected chi connectivity index (χ0v) is 14.5. The first kappa shape index (κ1) is 15.7. The van der Waals surface area contributed by atoms with Gasteiger partial charge in [0.05, 0.1) is 6.10 Å². The van der Waals surface area contributed by atoms with E-state index in [-0.39, 0.29) is 6.10 Å². The molecule has 0 radical (unpaired) electrons. The number of ether oxygens (including phenoxy) is 1. The van der Waals surface area contributed by atoms with Crippen LogP contribution in [-0.2, 0) is 4.79 Å². The van der Waals surface area contributed by atoms with Crippen molar-refractivity contribution in [1.82, 2.24) is 14.9 Å². The average molecular weight is 330 g/mol. The molecule has 1 aliphatic carbocycles. The van der Waals surface area contributed by atoms with Crippen molar-refractivity contribution in [2.24, 2.45) is 5.92 Å². The second kappa shape index (κ2) is 6.22. The summed E-state index contributed by atoms with van der Waals surface area (Å²) in [5.74, 6) is 2.37. The van der Waals surface area contributed by atoms with Crippen molar-refractivity contribution in [3.8, 4) is 5.88 Å². The molecule has 1 aromatic heterocycles. The van der Waals surface area contributed by atoms with Crippen molar-refractivity contribution in [3.05, 3.63) is 12.4 Å². The maximum atomic E-state index is 12.3. The van der Waals surface area contributed by atoms with Crippen LogP contribution >= 0.6 is 0 Å². The molecule has 0 unspecified atom stereocenters.